The van der Waals surface area contributed by atoms with Gasteiger partial charge in [-0.2, -0.15) is 10.1 Å². The van der Waals surface area contributed by atoms with E-state index < -0.39 is 28.9 Å². The van der Waals surface area contributed by atoms with Gasteiger partial charge in [0.15, 0.2) is 23.1 Å². The monoisotopic (exact) mass is 358 g/mol. The standard InChI is InChI=1S/C16H9F3N6O/c17-11-3-2-10(13(18)14(11)19)15(26)22-16-21-12-8-9(4-7-25(12)23-16)24-6-1-5-20-24/h1-8H,(H,22,23,26). The normalized spacial score (nSPS) is 11.0. The molecule has 0 aliphatic rings. The Morgan fingerprint density at radius 3 is 2.69 bits per heavy atom. The molecule has 3 heterocycles. The van der Waals surface area contributed by atoms with Crippen LogP contribution in [0.15, 0.2) is 48.9 Å². The van der Waals surface area contributed by atoms with E-state index in [1.165, 1.54) is 4.52 Å². The SMILES string of the molecule is O=C(Nc1nc2cc(-n3cccn3)ccn2n1)c1ccc(F)c(F)c1F. The summed E-state index contributed by atoms with van der Waals surface area (Å²) in [5.74, 6) is -5.78. The quantitative estimate of drug-likeness (QED) is 0.571. The van der Waals surface area contributed by atoms with Crippen LogP contribution in [0.1, 0.15) is 10.4 Å². The van der Waals surface area contributed by atoms with Crippen molar-refractivity contribution < 1.29 is 18.0 Å². The molecule has 0 atom stereocenters. The van der Waals surface area contributed by atoms with Crippen LogP contribution in [-0.2, 0) is 0 Å². The van der Waals surface area contributed by atoms with Gasteiger partial charge in [0.2, 0.25) is 5.95 Å². The lowest BCUT2D eigenvalue weighted by molar-refractivity contribution is 0.102. The summed E-state index contributed by atoms with van der Waals surface area (Å²) in [6.45, 7) is 0. The number of rotatable bonds is 3. The number of amides is 1. The molecule has 0 fully saturated rings. The maximum atomic E-state index is 13.7. The number of nitrogens with one attached hydrogen (secondary N) is 1. The van der Waals surface area contributed by atoms with Crippen molar-refractivity contribution in [3.8, 4) is 5.69 Å². The Labute approximate surface area is 143 Å². The zero-order valence-electron chi connectivity index (χ0n) is 12.9. The van der Waals surface area contributed by atoms with E-state index in [4.69, 9.17) is 0 Å². The molecule has 0 bridgehead atoms. The van der Waals surface area contributed by atoms with E-state index in [1.807, 2.05) is 0 Å². The highest BCUT2D eigenvalue weighted by molar-refractivity contribution is 6.03. The maximum Gasteiger partial charge on any atom is 0.261 e. The lowest BCUT2D eigenvalue weighted by atomic mass is 10.2. The smallest absolute Gasteiger partial charge is 0.261 e. The third-order valence-corrected chi connectivity index (χ3v) is 3.60. The number of carbonyl (C=O) groups excluding carboxylic acids is 1. The Bertz CT molecular complexity index is 1120. The minimum atomic E-state index is -1.72. The number of nitrogens with zero attached hydrogens (tertiary/aromatic N) is 5. The molecular formula is C16H9F3N6O. The number of aromatic nitrogens is 5. The van der Waals surface area contributed by atoms with Gasteiger partial charge in [0.25, 0.3) is 5.91 Å². The average Bonchev–Trinajstić information content (AvgIpc) is 3.28. The third kappa shape index (κ3) is 2.66. The second-order valence-corrected chi connectivity index (χ2v) is 5.25. The number of carbonyl (C=O) groups is 1. The summed E-state index contributed by atoms with van der Waals surface area (Å²) in [7, 11) is 0. The van der Waals surface area contributed by atoms with Crippen molar-refractivity contribution in [3.63, 3.8) is 0 Å². The maximum absolute atomic E-state index is 13.7. The molecule has 0 spiro atoms. The van der Waals surface area contributed by atoms with Gasteiger partial charge in [-0.25, -0.2) is 22.4 Å². The Kier molecular flexibility index (Phi) is 3.64. The fourth-order valence-corrected chi connectivity index (χ4v) is 2.36. The van der Waals surface area contributed by atoms with Crippen LogP contribution < -0.4 is 5.32 Å². The van der Waals surface area contributed by atoms with Gasteiger partial charge in [-0.1, -0.05) is 0 Å². The van der Waals surface area contributed by atoms with Crippen LogP contribution in [0.3, 0.4) is 0 Å². The average molecular weight is 358 g/mol. The minimum Gasteiger partial charge on any atom is -0.289 e. The minimum absolute atomic E-state index is 0.114. The van der Waals surface area contributed by atoms with Gasteiger partial charge in [-0.15, -0.1) is 5.10 Å². The van der Waals surface area contributed by atoms with Crippen molar-refractivity contribution in [2.75, 3.05) is 5.32 Å². The first-order chi connectivity index (χ1) is 12.5. The predicted molar refractivity (Wildman–Crippen MR) is 84.4 cm³/mol. The first-order valence-electron chi connectivity index (χ1n) is 7.34. The van der Waals surface area contributed by atoms with Gasteiger partial charge in [-0.3, -0.25) is 10.1 Å². The summed E-state index contributed by atoms with van der Waals surface area (Å²) in [5, 5.41) is 10.4. The van der Waals surface area contributed by atoms with E-state index in [1.54, 1.807) is 41.5 Å². The Morgan fingerprint density at radius 2 is 1.92 bits per heavy atom. The summed E-state index contributed by atoms with van der Waals surface area (Å²) in [4.78, 5) is 16.2. The Balaban J connectivity index is 1.63. The van der Waals surface area contributed by atoms with Gasteiger partial charge in [0, 0.05) is 24.7 Å². The van der Waals surface area contributed by atoms with Crippen molar-refractivity contribution in [2.24, 2.45) is 0 Å². The molecule has 1 amide bonds. The molecule has 0 aliphatic heterocycles. The van der Waals surface area contributed by atoms with E-state index >= 15 is 0 Å². The first-order valence-corrected chi connectivity index (χ1v) is 7.34. The van der Waals surface area contributed by atoms with Crippen molar-refractivity contribution in [1.29, 1.82) is 0 Å². The molecule has 1 aromatic carbocycles. The molecular weight excluding hydrogens is 349 g/mol. The second-order valence-electron chi connectivity index (χ2n) is 5.25. The predicted octanol–water partition coefficient (Wildman–Crippen LogP) is 2.58. The number of hydrogen-bond acceptors (Lipinski definition) is 4. The first kappa shape index (κ1) is 15.8. The molecule has 4 aromatic rings. The molecule has 1 N–H and O–H groups in total. The number of pyridine rings is 1. The summed E-state index contributed by atoms with van der Waals surface area (Å²) in [5.41, 5.74) is 0.471. The van der Waals surface area contributed by atoms with Gasteiger partial charge in [0.05, 0.1) is 11.3 Å². The molecule has 0 saturated heterocycles. The molecule has 3 aromatic heterocycles. The van der Waals surface area contributed by atoms with E-state index in [0.717, 1.165) is 11.8 Å². The van der Waals surface area contributed by atoms with E-state index in [0.29, 0.717) is 11.7 Å². The van der Waals surface area contributed by atoms with Crippen LogP contribution in [0.5, 0.6) is 0 Å². The lowest BCUT2D eigenvalue weighted by Crippen LogP contribution is -2.16. The van der Waals surface area contributed by atoms with Crippen LogP contribution in [0, 0.1) is 17.5 Å². The summed E-state index contributed by atoms with van der Waals surface area (Å²) >= 11 is 0. The highest BCUT2D eigenvalue weighted by atomic mass is 19.2. The van der Waals surface area contributed by atoms with Crippen LogP contribution in [0.4, 0.5) is 19.1 Å². The van der Waals surface area contributed by atoms with Crippen molar-refractivity contribution in [2.45, 2.75) is 0 Å². The van der Waals surface area contributed by atoms with E-state index in [2.05, 4.69) is 20.5 Å². The van der Waals surface area contributed by atoms with Crippen LogP contribution >= 0.6 is 0 Å². The largest absolute Gasteiger partial charge is 0.289 e. The van der Waals surface area contributed by atoms with Crippen molar-refractivity contribution in [3.05, 3.63) is 71.9 Å². The molecule has 130 valence electrons. The number of fused-ring (bicyclic) bond motifs is 1. The van der Waals surface area contributed by atoms with Gasteiger partial charge >= 0.3 is 0 Å². The fourth-order valence-electron chi connectivity index (χ4n) is 2.36. The van der Waals surface area contributed by atoms with Crippen molar-refractivity contribution >= 4 is 17.5 Å². The zero-order chi connectivity index (χ0) is 18.3. The van der Waals surface area contributed by atoms with Gasteiger partial charge < -0.3 is 0 Å². The topological polar surface area (TPSA) is 77.1 Å². The third-order valence-electron chi connectivity index (χ3n) is 3.60. The number of benzene rings is 1. The molecule has 0 aliphatic carbocycles. The molecule has 4 rings (SSSR count). The summed E-state index contributed by atoms with van der Waals surface area (Å²) in [6, 6.07) is 6.68. The van der Waals surface area contributed by atoms with E-state index in [-0.39, 0.29) is 5.95 Å². The molecule has 0 unspecified atom stereocenters. The number of hydrogen-bond donors (Lipinski definition) is 1. The molecule has 10 heteroatoms. The highest BCUT2D eigenvalue weighted by Gasteiger charge is 2.20. The molecule has 0 radical (unpaired) electrons. The van der Waals surface area contributed by atoms with Gasteiger partial charge in [-0.05, 0) is 24.3 Å². The highest BCUT2D eigenvalue weighted by Crippen LogP contribution is 2.17. The van der Waals surface area contributed by atoms with Crippen LogP contribution in [0.2, 0.25) is 0 Å². The number of halogens is 3. The number of anilines is 1. The van der Waals surface area contributed by atoms with E-state index in [9.17, 15) is 18.0 Å². The summed E-state index contributed by atoms with van der Waals surface area (Å²) in [6.07, 6.45) is 4.97. The molecule has 0 saturated carbocycles. The second kappa shape index (κ2) is 5.99. The molecule has 26 heavy (non-hydrogen) atoms. The van der Waals surface area contributed by atoms with Crippen LogP contribution in [-0.4, -0.2) is 30.3 Å². The lowest BCUT2D eigenvalue weighted by Gasteiger charge is -2.03. The zero-order valence-corrected chi connectivity index (χ0v) is 12.9. The molecule has 7 nitrogen and oxygen atoms in total. The fraction of sp³-hybridized carbons (Fsp3) is 0. The van der Waals surface area contributed by atoms with Crippen LogP contribution in [0.25, 0.3) is 11.3 Å². The van der Waals surface area contributed by atoms with Crippen molar-refractivity contribution in [1.82, 2.24) is 24.4 Å². The Hall–Kier alpha value is -3.69. The van der Waals surface area contributed by atoms with Gasteiger partial charge in [0.1, 0.15) is 0 Å². The Morgan fingerprint density at radius 1 is 1.08 bits per heavy atom. The summed E-state index contributed by atoms with van der Waals surface area (Å²) < 4.78 is 42.9.